The summed E-state index contributed by atoms with van der Waals surface area (Å²) >= 11 is 1.47. The topological polar surface area (TPSA) is 42.4 Å². The van der Waals surface area contributed by atoms with Crippen molar-refractivity contribution in [3.05, 3.63) is 101 Å². The van der Waals surface area contributed by atoms with Crippen LogP contribution in [0.5, 0.6) is 5.75 Å². The van der Waals surface area contributed by atoms with Crippen molar-refractivity contribution in [2.24, 2.45) is 0 Å². The van der Waals surface area contributed by atoms with Crippen molar-refractivity contribution < 1.29 is 9.53 Å². The van der Waals surface area contributed by atoms with Gasteiger partial charge in [0, 0.05) is 16.5 Å². The van der Waals surface area contributed by atoms with E-state index in [0.29, 0.717) is 17.2 Å². The predicted molar refractivity (Wildman–Crippen MR) is 117 cm³/mol. The van der Waals surface area contributed by atoms with E-state index in [1.54, 1.807) is 36.3 Å². The second kappa shape index (κ2) is 8.71. The number of anilines is 1. The first-order valence-electron chi connectivity index (χ1n) is 9.25. The van der Waals surface area contributed by atoms with Gasteiger partial charge in [0.1, 0.15) is 5.75 Å². The molecule has 4 nitrogen and oxygen atoms in total. The Morgan fingerprint density at radius 2 is 1.59 bits per heavy atom. The summed E-state index contributed by atoms with van der Waals surface area (Å²) in [6.45, 7) is 0.452. The predicted octanol–water partition coefficient (Wildman–Crippen LogP) is 5.67. The second-order valence-electron chi connectivity index (χ2n) is 6.49. The number of nitrogens with zero attached hydrogens (tertiary/aromatic N) is 2. The average Bonchev–Trinajstić information content (AvgIpc) is 3.28. The lowest BCUT2D eigenvalue weighted by atomic mass is 10.1. The molecule has 144 valence electrons. The maximum atomic E-state index is 13.3. The van der Waals surface area contributed by atoms with Crippen molar-refractivity contribution in [2.75, 3.05) is 12.0 Å². The highest BCUT2D eigenvalue weighted by Gasteiger charge is 2.21. The van der Waals surface area contributed by atoms with Gasteiger partial charge in [0.15, 0.2) is 5.13 Å². The van der Waals surface area contributed by atoms with Crippen molar-refractivity contribution in [2.45, 2.75) is 6.54 Å². The van der Waals surface area contributed by atoms with Gasteiger partial charge in [-0.25, -0.2) is 4.98 Å². The molecule has 0 N–H and O–H groups in total. The number of rotatable bonds is 6. The number of hydrogen-bond acceptors (Lipinski definition) is 4. The molecular formula is C24H20N2O2S. The molecule has 0 aliphatic heterocycles. The lowest BCUT2D eigenvalue weighted by Gasteiger charge is -2.20. The van der Waals surface area contributed by atoms with Gasteiger partial charge < -0.3 is 4.74 Å². The first-order valence-corrected chi connectivity index (χ1v) is 10.1. The molecule has 1 amide bonds. The van der Waals surface area contributed by atoms with Gasteiger partial charge in [-0.1, -0.05) is 60.7 Å². The van der Waals surface area contributed by atoms with Gasteiger partial charge in [-0.2, -0.15) is 0 Å². The summed E-state index contributed by atoms with van der Waals surface area (Å²) in [5.41, 5.74) is 3.54. The molecule has 29 heavy (non-hydrogen) atoms. The van der Waals surface area contributed by atoms with Crippen LogP contribution in [-0.4, -0.2) is 18.0 Å². The fraction of sp³-hybridized carbons (Fsp3) is 0.0833. The Kier molecular flexibility index (Phi) is 5.68. The molecule has 3 aromatic carbocycles. The highest BCUT2D eigenvalue weighted by atomic mass is 32.1. The molecule has 1 heterocycles. The largest absolute Gasteiger partial charge is 0.497 e. The number of hydrogen-bond donors (Lipinski definition) is 0. The smallest absolute Gasteiger partial charge is 0.260 e. The fourth-order valence-corrected chi connectivity index (χ4v) is 3.84. The van der Waals surface area contributed by atoms with Crippen molar-refractivity contribution in [1.29, 1.82) is 0 Å². The summed E-state index contributed by atoms with van der Waals surface area (Å²) < 4.78 is 5.21. The Morgan fingerprint density at radius 1 is 0.931 bits per heavy atom. The molecule has 4 aromatic rings. The van der Waals surface area contributed by atoms with E-state index in [1.807, 2.05) is 66.0 Å². The van der Waals surface area contributed by atoms with E-state index in [0.717, 1.165) is 22.6 Å². The molecule has 0 aliphatic carbocycles. The summed E-state index contributed by atoms with van der Waals surface area (Å²) in [4.78, 5) is 19.8. The molecule has 0 unspecified atom stereocenters. The van der Waals surface area contributed by atoms with E-state index in [1.165, 1.54) is 11.3 Å². The first-order chi connectivity index (χ1) is 14.2. The molecule has 0 radical (unpaired) electrons. The zero-order chi connectivity index (χ0) is 20.1. The maximum Gasteiger partial charge on any atom is 0.260 e. The van der Waals surface area contributed by atoms with Crippen molar-refractivity contribution in [3.63, 3.8) is 0 Å². The number of thiazole rings is 1. The standard InChI is InChI=1S/C24H20N2O2S/c1-28-21-14-12-20(13-15-21)23(27)26(16-18-8-4-2-5-9-18)24-25-22(17-29-24)19-10-6-3-7-11-19/h2-15,17H,16H2,1H3. The van der Waals surface area contributed by atoms with Crippen LogP contribution in [0, 0.1) is 0 Å². The molecular weight excluding hydrogens is 380 g/mol. The summed E-state index contributed by atoms with van der Waals surface area (Å²) in [6, 6.07) is 27.1. The Labute approximate surface area is 174 Å². The first kappa shape index (κ1) is 18.9. The Hall–Kier alpha value is -3.44. The molecule has 0 bridgehead atoms. The molecule has 0 saturated carbocycles. The van der Waals surface area contributed by atoms with Gasteiger partial charge in [-0.3, -0.25) is 9.69 Å². The molecule has 5 heteroatoms. The van der Waals surface area contributed by atoms with E-state index >= 15 is 0 Å². The lowest BCUT2D eigenvalue weighted by molar-refractivity contribution is 0.0985. The van der Waals surface area contributed by atoms with Gasteiger partial charge in [0.05, 0.1) is 19.3 Å². The molecule has 0 atom stereocenters. The number of amides is 1. The number of carbonyl (C=O) groups excluding carboxylic acids is 1. The van der Waals surface area contributed by atoms with Crippen LogP contribution in [0.3, 0.4) is 0 Å². The van der Waals surface area contributed by atoms with Gasteiger partial charge in [0.25, 0.3) is 5.91 Å². The van der Waals surface area contributed by atoms with Crippen LogP contribution >= 0.6 is 11.3 Å². The summed E-state index contributed by atoms with van der Waals surface area (Å²) in [6.07, 6.45) is 0. The summed E-state index contributed by atoms with van der Waals surface area (Å²) in [5, 5.41) is 2.66. The van der Waals surface area contributed by atoms with Crippen molar-refractivity contribution in [3.8, 4) is 17.0 Å². The number of aromatic nitrogens is 1. The van der Waals surface area contributed by atoms with Crippen LogP contribution in [0.15, 0.2) is 90.3 Å². The number of benzene rings is 3. The zero-order valence-corrected chi connectivity index (χ0v) is 16.8. The number of carbonyl (C=O) groups is 1. The van der Waals surface area contributed by atoms with Crippen LogP contribution in [0.4, 0.5) is 5.13 Å². The van der Waals surface area contributed by atoms with Crippen LogP contribution in [0.25, 0.3) is 11.3 Å². The highest BCUT2D eigenvalue weighted by molar-refractivity contribution is 7.14. The zero-order valence-electron chi connectivity index (χ0n) is 16.0. The minimum atomic E-state index is -0.0922. The van der Waals surface area contributed by atoms with E-state index in [4.69, 9.17) is 9.72 Å². The van der Waals surface area contributed by atoms with Crippen LogP contribution in [-0.2, 0) is 6.54 Å². The van der Waals surface area contributed by atoms with Crippen molar-refractivity contribution >= 4 is 22.4 Å². The van der Waals surface area contributed by atoms with Gasteiger partial charge in [-0.15, -0.1) is 11.3 Å². The van der Waals surface area contributed by atoms with E-state index in [9.17, 15) is 4.79 Å². The van der Waals surface area contributed by atoms with E-state index < -0.39 is 0 Å². The fourth-order valence-electron chi connectivity index (χ4n) is 3.01. The second-order valence-corrected chi connectivity index (χ2v) is 7.32. The van der Waals surface area contributed by atoms with Crippen molar-refractivity contribution in [1.82, 2.24) is 4.98 Å². The molecule has 0 saturated heterocycles. The number of methoxy groups -OCH3 is 1. The summed E-state index contributed by atoms with van der Waals surface area (Å²) in [7, 11) is 1.61. The Balaban J connectivity index is 1.68. The average molecular weight is 401 g/mol. The molecule has 0 spiro atoms. The molecule has 0 aliphatic rings. The maximum absolute atomic E-state index is 13.3. The van der Waals surface area contributed by atoms with E-state index in [2.05, 4.69) is 0 Å². The SMILES string of the molecule is COc1ccc(C(=O)N(Cc2ccccc2)c2nc(-c3ccccc3)cs2)cc1. The van der Waals surface area contributed by atoms with Gasteiger partial charge >= 0.3 is 0 Å². The van der Waals surface area contributed by atoms with Crippen LogP contribution in [0.1, 0.15) is 15.9 Å². The Bertz CT molecular complexity index is 1080. The van der Waals surface area contributed by atoms with Crippen LogP contribution in [0.2, 0.25) is 0 Å². The normalized spacial score (nSPS) is 10.5. The summed E-state index contributed by atoms with van der Waals surface area (Å²) in [5.74, 6) is 0.627. The lowest BCUT2D eigenvalue weighted by Crippen LogP contribution is -2.30. The highest BCUT2D eigenvalue weighted by Crippen LogP contribution is 2.29. The van der Waals surface area contributed by atoms with Crippen LogP contribution < -0.4 is 9.64 Å². The Morgan fingerprint density at radius 3 is 2.24 bits per heavy atom. The quantitative estimate of drug-likeness (QED) is 0.419. The molecule has 4 rings (SSSR count). The monoisotopic (exact) mass is 400 g/mol. The molecule has 1 aromatic heterocycles. The minimum Gasteiger partial charge on any atom is -0.497 e. The molecule has 0 fully saturated rings. The van der Waals surface area contributed by atoms with E-state index in [-0.39, 0.29) is 5.91 Å². The van der Waals surface area contributed by atoms with Gasteiger partial charge in [-0.05, 0) is 29.8 Å². The third kappa shape index (κ3) is 4.36. The third-order valence-electron chi connectivity index (χ3n) is 4.56. The van der Waals surface area contributed by atoms with Gasteiger partial charge in [0.2, 0.25) is 0 Å². The minimum absolute atomic E-state index is 0.0922. The number of ether oxygens (including phenoxy) is 1. The third-order valence-corrected chi connectivity index (χ3v) is 5.42.